The van der Waals surface area contributed by atoms with Gasteiger partial charge in [0.25, 0.3) is 0 Å². The fourth-order valence-electron chi connectivity index (χ4n) is 3.99. The van der Waals surface area contributed by atoms with Crippen molar-refractivity contribution < 1.29 is 13.5 Å². The molecule has 33 heavy (non-hydrogen) atoms. The van der Waals surface area contributed by atoms with Gasteiger partial charge in [0.2, 0.25) is 5.82 Å². The normalized spacial score (nSPS) is 15.2. The maximum absolute atomic E-state index is 14.4. The fraction of sp³-hybridized carbons (Fsp3) is 0.375. The van der Waals surface area contributed by atoms with E-state index in [0.717, 1.165) is 17.7 Å². The zero-order chi connectivity index (χ0) is 23.2. The molecule has 4 rings (SSSR count). The smallest absolute Gasteiger partial charge is 0.200 e. The van der Waals surface area contributed by atoms with Crippen molar-refractivity contribution in [2.75, 3.05) is 24.6 Å². The van der Waals surface area contributed by atoms with Crippen LogP contribution in [-0.2, 0) is 6.42 Å². The standard InChI is InChI=1S/C24H25F2N5O2/c1-16-18-15-28-24(21-7-3-5-9-27-21)30-20(18)8-11-31(16)17-13-19(25)23(26)22(14-17)33-12-6-2-4-10-29-32/h3,5,7,9,13-16H,2,4,6,8,10-12H2,1H3. The summed E-state index contributed by atoms with van der Waals surface area (Å²) in [6, 6.07) is 8.20. The van der Waals surface area contributed by atoms with Crippen LogP contribution in [-0.4, -0.2) is 34.6 Å². The highest BCUT2D eigenvalue weighted by Gasteiger charge is 2.28. The largest absolute Gasteiger partial charge is 0.490 e. The highest BCUT2D eigenvalue weighted by Crippen LogP contribution is 2.36. The van der Waals surface area contributed by atoms with Crippen molar-refractivity contribution >= 4 is 5.69 Å². The van der Waals surface area contributed by atoms with Crippen LogP contribution in [0.25, 0.3) is 11.5 Å². The highest BCUT2D eigenvalue weighted by molar-refractivity contribution is 5.56. The van der Waals surface area contributed by atoms with Gasteiger partial charge < -0.3 is 9.64 Å². The molecule has 3 aromatic rings. The Kier molecular flexibility index (Phi) is 7.16. The molecule has 7 nitrogen and oxygen atoms in total. The molecule has 172 valence electrons. The van der Waals surface area contributed by atoms with E-state index < -0.39 is 11.6 Å². The van der Waals surface area contributed by atoms with Gasteiger partial charge in [-0.1, -0.05) is 11.2 Å². The van der Waals surface area contributed by atoms with Gasteiger partial charge in [-0.05, 0) is 38.3 Å². The van der Waals surface area contributed by atoms with E-state index in [1.807, 2.05) is 30.0 Å². The second-order valence-corrected chi connectivity index (χ2v) is 7.93. The molecular formula is C24H25F2N5O2. The van der Waals surface area contributed by atoms with Crippen LogP contribution < -0.4 is 9.64 Å². The predicted molar refractivity (Wildman–Crippen MR) is 121 cm³/mol. The summed E-state index contributed by atoms with van der Waals surface area (Å²) >= 11 is 0. The summed E-state index contributed by atoms with van der Waals surface area (Å²) in [7, 11) is 0. The minimum Gasteiger partial charge on any atom is -0.490 e. The van der Waals surface area contributed by atoms with Crippen LogP contribution >= 0.6 is 0 Å². The molecule has 0 amide bonds. The first-order valence-corrected chi connectivity index (χ1v) is 11.0. The van der Waals surface area contributed by atoms with E-state index >= 15 is 0 Å². The number of aromatic nitrogens is 3. The lowest BCUT2D eigenvalue weighted by Gasteiger charge is -2.36. The first kappa shape index (κ1) is 22.7. The minimum absolute atomic E-state index is 0.113. The van der Waals surface area contributed by atoms with Gasteiger partial charge in [0.1, 0.15) is 5.69 Å². The van der Waals surface area contributed by atoms with Gasteiger partial charge in [0.15, 0.2) is 17.4 Å². The number of ether oxygens (including phenoxy) is 1. The molecule has 1 aromatic carbocycles. The van der Waals surface area contributed by atoms with Crippen molar-refractivity contribution in [2.24, 2.45) is 5.18 Å². The van der Waals surface area contributed by atoms with Crippen LogP contribution in [0.3, 0.4) is 0 Å². The fourth-order valence-corrected chi connectivity index (χ4v) is 3.99. The van der Waals surface area contributed by atoms with Gasteiger partial charge in [0, 0.05) is 48.7 Å². The number of hydrogen-bond donors (Lipinski definition) is 0. The summed E-state index contributed by atoms with van der Waals surface area (Å²) in [4.78, 5) is 25.6. The third-order valence-electron chi connectivity index (χ3n) is 5.76. The van der Waals surface area contributed by atoms with Gasteiger partial charge in [-0.2, -0.15) is 9.30 Å². The third-order valence-corrected chi connectivity index (χ3v) is 5.76. The molecule has 1 atom stereocenters. The first-order valence-electron chi connectivity index (χ1n) is 11.0. The van der Waals surface area contributed by atoms with Crippen molar-refractivity contribution in [3.63, 3.8) is 0 Å². The van der Waals surface area contributed by atoms with E-state index in [1.54, 1.807) is 12.4 Å². The molecule has 2 aromatic heterocycles. The maximum atomic E-state index is 14.4. The average molecular weight is 453 g/mol. The van der Waals surface area contributed by atoms with Gasteiger partial charge in [-0.15, -0.1) is 0 Å². The quantitative estimate of drug-likeness (QED) is 0.325. The molecule has 0 saturated heterocycles. The molecule has 3 heterocycles. The lowest BCUT2D eigenvalue weighted by atomic mass is 9.98. The first-order chi connectivity index (χ1) is 16.1. The Labute approximate surface area is 190 Å². The Morgan fingerprint density at radius 2 is 2.06 bits per heavy atom. The molecule has 0 saturated carbocycles. The molecule has 0 bridgehead atoms. The van der Waals surface area contributed by atoms with Crippen LogP contribution in [0.15, 0.2) is 47.9 Å². The molecule has 0 fully saturated rings. The van der Waals surface area contributed by atoms with E-state index in [2.05, 4.69) is 15.1 Å². The number of pyridine rings is 1. The number of nitrogens with zero attached hydrogens (tertiary/aromatic N) is 5. The number of hydrogen-bond acceptors (Lipinski definition) is 7. The number of nitroso groups, excluding NO2 is 1. The Bertz CT molecular complexity index is 1110. The van der Waals surface area contributed by atoms with Crippen LogP contribution in [0.4, 0.5) is 14.5 Å². The summed E-state index contributed by atoms with van der Waals surface area (Å²) in [5.74, 6) is -1.49. The van der Waals surface area contributed by atoms with Crippen molar-refractivity contribution in [1.29, 1.82) is 0 Å². The van der Waals surface area contributed by atoms with E-state index in [-0.39, 0.29) is 24.9 Å². The Hall–Kier alpha value is -3.49. The summed E-state index contributed by atoms with van der Waals surface area (Å²) in [6.07, 6.45) is 6.14. The highest BCUT2D eigenvalue weighted by atomic mass is 19.2. The number of halogens is 2. The van der Waals surface area contributed by atoms with Crippen LogP contribution in [0.2, 0.25) is 0 Å². The van der Waals surface area contributed by atoms with Gasteiger partial charge >= 0.3 is 0 Å². The molecule has 0 N–H and O–H groups in total. The van der Waals surface area contributed by atoms with Gasteiger partial charge in [-0.25, -0.2) is 14.4 Å². The number of rotatable bonds is 9. The van der Waals surface area contributed by atoms with E-state index in [0.29, 0.717) is 43.0 Å². The maximum Gasteiger partial charge on any atom is 0.200 e. The number of unbranched alkanes of at least 4 members (excludes halogenated alkanes) is 2. The van der Waals surface area contributed by atoms with Crippen LogP contribution in [0, 0.1) is 16.5 Å². The van der Waals surface area contributed by atoms with Crippen molar-refractivity contribution in [3.8, 4) is 17.3 Å². The van der Waals surface area contributed by atoms with Crippen LogP contribution in [0.1, 0.15) is 43.5 Å². The Morgan fingerprint density at radius 3 is 2.85 bits per heavy atom. The van der Waals surface area contributed by atoms with Gasteiger partial charge in [-0.3, -0.25) is 4.98 Å². The second-order valence-electron chi connectivity index (χ2n) is 7.93. The van der Waals surface area contributed by atoms with Gasteiger partial charge in [0.05, 0.1) is 24.9 Å². The van der Waals surface area contributed by atoms with Crippen molar-refractivity contribution in [2.45, 2.75) is 38.6 Å². The molecule has 1 aliphatic heterocycles. The molecule has 1 unspecified atom stereocenters. The third kappa shape index (κ3) is 5.13. The van der Waals surface area contributed by atoms with Crippen LogP contribution in [0.5, 0.6) is 5.75 Å². The summed E-state index contributed by atoms with van der Waals surface area (Å²) in [5, 5.41) is 2.81. The lowest BCUT2D eigenvalue weighted by Crippen LogP contribution is -2.35. The lowest BCUT2D eigenvalue weighted by molar-refractivity contribution is 0.286. The van der Waals surface area contributed by atoms with E-state index in [9.17, 15) is 13.7 Å². The molecule has 1 aliphatic rings. The summed E-state index contributed by atoms with van der Waals surface area (Å²) < 4.78 is 34.2. The molecule has 9 heteroatoms. The Balaban J connectivity index is 1.50. The van der Waals surface area contributed by atoms with Crippen molar-refractivity contribution in [1.82, 2.24) is 15.0 Å². The average Bonchev–Trinajstić information content (AvgIpc) is 2.84. The SMILES string of the molecule is CC1c2cnc(-c3ccccn3)nc2CCN1c1cc(F)c(F)c(OCCCCCN=O)c1. The molecule has 0 aliphatic carbocycles. The summed E-state index contributed by atoms with van der Waals surface area (Å²) in [5.41, 5.74) is 3.12. The van der Waals surface area contributed by atoms with Crippen molar-refractivity contribution in [3.05, 3.63) is 70.5 Å². The Morgan fingerprint density at radius 1 is 1.18 bits per heavy atom. The van der Waals surface area contributed by atoms with E-state index in [4.69, 9.17) is 9.72 Å². The monoisotopic (exact) mass is 453 g/mol. The number of fused-ring (bicyclic) bond motifs is 1. The minimum atomic E-state index is -0.998. The molecular weight excluding hydrogens is 428 g/mol. The zero-order valence-electron chi connectivity index (χ0n) is 18.4. The topological polar surface area (TPSA) is 80.6 Å². The molecule has 0 radical (unpaired) electrons. The zero-order valence-corrected chi connectivity index (χ0v) is 18.4. The second kappa shape index (κ2) is 10.4. The van der Waals surface area contributed by atoms with E-state index in [1.165, 1.54) is 12.1 Å². The molecule has 0 spiro atoms. The number of benzene rings is 1. The summed E-state index contributed by atoms with van der Waals surface area (Å²) in [6.45, 7) is 3.07. The number of anilines is 1. The predicted octanol–water partition coefficient (Wildman–Crippen LogP) is 5.26.